The number of nitrogens with one attached hydrogen (secondary N) is 1. The van der Waals surface area contributed by atoms with Gasteiger partial charge in [-0.3, -0.25) is 0 Å². The van der Waals surface area contributed by atoms with Crippen molar-refractivity contribution < 1.29 is 0 Å². The number of rotatable bonds is 6. The topological polar surface area (TPSA) is 15.3 Å². The fourth-order valence-electron chi connectivity index (χ4n) is 9.18. The molecule has 2 nitrogen and oxygen atoms in total. The predicted molar refractivity (Wildman–Crippen MR) is 234 cm³/mol. The molecule has 0 amide bonds. The van der Waals surface area contributed by atoms with E-state index in [-0.39, 0.29) is 0 Å². The van der Waals surface area contributed by atoms with Gasteiger partial charge in [0.1, 0.15) is 0 Å². The van der Waals surface area contributed by atoms with Crippen LogP contribution in [-0.4, -0.2) is 6.54 Å². The molecule has 11 rings (SSSR count). The molecule has 0 radical (unpaired) electrons. The van der Waals surface area contributed by atoms with Crippen LogP contribution in [0.5, 0.6) is 0 Å². The second-order valence-corrected chi connectivity index (χ2v) is 15.5. The van der Waals surface area contributed by atoms with Crippen LogP contribution in [0.1, 0.15) is 27.8 Å². The van der Waals surface area contributed by atoms with Crippen molar-refractivity contribution in [2.75, 3.05) is 16.8 Å². The summed E-state index contributed by atoms with van der Waals surface area (Å²) in [5, 5.41) is 6.13. The molecule has 8 aromatic carbocycles. The zero-order valence-electron chi connectivity index (χ0n) is 30.1. The van der Waals surface area contributed by atoms with Gasteiger partial charge < -0.3 is 10.2 Å². The van der Waals surface area contributed by atoms with E-state index in [1.807, 2.05) is 11.3 Å². The highest BCUT2D eigenvalue weighted by atomic mass is 32.1. The number of para-hydroxylation sites is 1. The molecule has 2 aliphatic rings. The van der Waals surface area contributed by atoms with Crippen LogP contribution in [0.3, 0.4) is 0 Å². The van der Waals surface area contributed by atoms with Crippen LogP contribution in [0.15, 0.2) is 194 Å². The Morgan fingerprint density at radius 2 is 1.15 bits per heavy atom. The number of nitrogens with zero attached hydrogens (tertiary/aromatic N) is 1. The summed E-state index contributed by atoms with van der Waals surface area (Å²) in [5.41, 5.74) is 15.4. The molecule has 260 valence electrons. The third-order valence-electron chi connectivity index (χ3n) is 11.5. The summed E-state index contributed by atoms with van der Waals surface area (Å²) in [5.74, 6) is 0. The van der Waals surface area contributed by atoms with Crippen molar-refractivity contribution in [2.45, 2.75) is 5.41 Å². The first-order chi connectivity index (χ1) is 27.3. The molecule has 0 spiro atoms. The first kappa shape index (κ1) is 31.8. The highest BCUT2D eigenvalue weighted by molar-refractivity contribution is 7.26. The smallest absolute Gasteiger partial charge is 0.0714 e. The van der Waals surface area contributed by atoms with Crippen LogP contribution in [0.2, 0.25) is 0 Å². The van der Waals surface area contributed by atoms with Gasteiger partial charge in [0.2, 0.25) is 0 Å². The minimum absolute atomic E-state index is 0.497. The van der Waals surface area contributed by atoms with Gasteiger partial charge >= 0.3 is 0 Å². The number of anilines is 4. The number of fused-ring (bicyclic) bond motifs is 8. The molecule has 0 saturated heterocycles. The molecule has 0 saturated carbocycles. The number of benzene rings is 8. The van der Waals surface area contributed by atoms with E-state index in [0.29, 0.717) is 0 Å². The SMILES string of the molecule is C1=Cc2c(ccc3c2sc2ccc(N(c4ccc5c(c4)C(c4ccccc4)(c4ccccc4)c4ccccc4-5)c4ccccc4-c4ccccc4)cc23)NC1. The first-order valence-electron chi connectivity index (χ1n) is 19.0. The molecular formula is C52H36N2S. The van der Waals surface area contributed by atoms with Gasteiger partial charge in [-0.25, -0.2) is 0 Å². The molecule has 0 fully saturated rings. The number of thiophene rings is 1. The molecule has 9 aromatic rings. The Hall–Kier alpha value is -6.68. The van der Waals surface area contributed by atoms with Crippen molar-refractivity contribution in [3.05, 3.63) is 222 Å². The zero-order chi connectivity index (χ0) is 36.3. The maximum absolute atomic E-state index is 3.56. The standard InChI is InChI=1S/C52H36N2S/c1-4-15-35(16-5-1)40-21-11-13-25-49(40)54(38-27-31-50-45(33-38)43-29-30-48-44(51(43)55-50)23-14-32-53-48)39-26-28-42-41-22-10-12-24-46(41)52(47(42)34-39,36-17-6-2-7-18-36)37-19-8-3-9-20-37/h1-31,33-34,53H,32H2. The average molecular weight is 721 g/mol. The first-order valence-corrected chi connectivity index (χ1v) is 19.8. The second-order valence-electron chi connectivity index (χ2n) is 14.4. The van der Waals surface area contributed by atoms with Gasteiger partial charge in [-0.15, -0.1) is 11.3 Å². The van der Waals surface area contributed by atoms with E-state index in [0.717, 1.165) is 23.6 Å². The van der Waals surface area contributed by atoms with Crippen LogP contribution in [0.25, 0.3) is 48.5 Å². The Bertz CT molecular complexity index is 2890. The van der Waals surface area contributed by atoms with E-state index in [1.165, 1.54) is 75.9 Å². The molecular weight excluding hydrogens is 685 g/mol. The van der Waals surface area contributed by atoms with Crippen molar-refractivity contribution in [3.8, 4) is 22.3 Å². The zero-order valence-corrected chi connectivity index (χ0v) is 30.9. The summed E-state index contributed by atoms with van der Waals surface area (Å²) in [6.45, 7) is 0.866. The van der Waals surface area contributed by atoms with Gasteiger partial charge in [0.15, 0.2) is 0 Å². The third-order valence-corrected chi connectivity index (χ3v) is 12.8. The van der Waals surface area contributed by atoms with Crippen molar-refractivity contribution in [2.24, 2.45) is 0 Å². The van der Waals surface area contributed by atoms with Gasteiger partial charge in [0.25, 0.3) is 0 Å². The van der Waals surface area contributed by atoms with Gasteiger partial charge in [-0.05, 0) is 81.4 Å². The summed E-state index contributed by atoms with van der Waals surface area (Å²) in [6, 6.07) is 69.5. The summed E-state index contributed by atoms with van der Waals surface area (Å²) in [6.07, 6.45) is 4.50. The Kier molecular flexibility index (Phi) is 7.36. The molecule has 0 atom stereocenters. The molecule has 0 bridgehead atoms. The van der Waals surface area contributed by atoms with Gasteiger partial charge in [0, 0.05) is 54.9 Å². The van der Waals surface area contributed by atoms with Crippen molar-refractivity contribution >= 4 is 60.3 Å². The van der Waals surface area contributed by atoms with E-state index in [4.69, 9.17) is 0 Å². The molecule has 1 aromatic heterocycles. The van der Waals surface area contributed by atoms with Crippen molar-refractivity contribution in [1.29, 1.82) is 0 Å². The third kappa shape index (κ3) is 4.87. The minimum Gasteiger partial charge on any atom is -0.381 e. The maximum Gasteiger partial charge on any atom is 0.0714 e. The van der Waals surface area contributed by atoms with Crippen molar-refractivity contribution in [3.63, 3.8) is 0 Å². The van der Waals surface area contributed by atoms with Gasteiger partial charge in [0.05, 0.1) is 11.1 Å². The molecule has 0 unspecified atom stereocenters. The minimum atomic E-state index is -0.497. The lowest BCUT2D eigenvalue weighted by molar-refractivity contribution is 0.768. The lowest BCUT2D eigenvalue weighted by Crippen LogP contribution is -2.28. The summed E-state index contributed by atoms with van der Waals surface area (Å²) < 4.78 is 2.62. The van der Waals surface area contributed by atoms with E-state index in [2.05, 4.69) is 210 Å². The molecule has 2 heterocycles. The highest BCUT2D eigenvalue weighted by Gasteiger charge is 2.46. The van der Waals surface area contributed by atoms with Crippen LogP contribution in [-0.2, 0) is 5.41 Å². The lowest BCUT2D eigenvalue weighted by atomic mass is 9.67. The number of hydrogen-bond acceptors (Lipinski definition) is 3. The molecule has 55 heavy (non-hydrogen) atoms. The quantitative estimate of drug-likeness (QED) is 0.184. The van der Waals surface area contributed by atoms with E-state index < -0.39 is 5.41 Å². The number of hydrogen-bond donors (Lipinski definition) is 1. The molecule has 3 heteroatoms. The Labute approximate surface area is 325 Å². The fraction of sp³-hybridized carbons (Fsp3) is 0.0385. The normalized spacial score (nSPS) is 13.6. The Morgan fingerprint density at radius 1 is 0.509 bits per heavy atom. The van der Waals surface area contributed by atoms with Crippen LogP contribution in [0.4, 0.5) is 22.7 Å². The fourth-order valence-corrected chi connectivity index (χ4v) is 10.4. The van der Waals surface area contributed by atoms with Crippen LogP contribution < -0.4 is 10.2 Å². The van der Waals surface area contributed by atoms with E-state index in [1.54, 1.807) is 0 Å². The molecule has 1 aliphatic heterocycles. The van der Waals surface area contributed by atoms with Gasteiger partial charge in [-0.2, -0.15) is 0 Å². The van der Waals surface area contributed by atoms with Gasteiger partial charge in [-0.1, -0.05) is 158 Å². The van der Waals surface area contributed by atoms with E-state index >= 15 is 0 Å². The summed E-state index contributed by atoms with van der Waals surface area (Å²) >= 11 is 1.88. The Morgan fingerprint density at radius 3 is 1.93 bits per heavy atom. The largest absolute Gasteiger partial charge is 0.381 e. The summed E-state index contributed by atoms with van der Waals surface area (Å²) in [7, 11) is 0. The maximum atomic E-state index is 3.56. The molecule has 1 N–H and O–H groups in total. The second kappa shape index (κ2) is 12.7. The Balaban J connectivity index is 1.20. The van der Waals surface area contributed by atoms with Crippen molar-refractivity contribution in [1.82, 2.24) is 0 Å². The summed E-state index contributed by atoms with van der Waals surface area (Å²) in [4.78, 5) is 2.48. The monoisotopic (exact) mass is 720 g/mol. The lowest BCUT2D eigenvalue weighted by Gasteiger charge is -2.35. The highest BCUT2D eigenvalue weighted by Crippen LogP contribution is 2.57. The van der Waals surface area contributed by atoms with Crippen LogP contribution in [0, 0.1) is 0 Å². The molecule has 1 aliphatic carbocycles. The van der Waals surface area contributed by atoms with Crippen LogP contribution >= 0.6 is 11.3 Å². The average Bonchev–Trinajstić information content (AvgIpc) is 3.79. The van der Waals surface area contributed by atoms with E-state index in [9.17, 15) is 0 Å². The predicted octanol–water partition coefficient (Wildman–Crippen LogP) is 14.0.